The van der Waals surface area contributed by atoms with Crippen LogP contribution < -0.4 is 9.64 Å². The molecular weight excluding hydrogens is 213 g/mol. The molecule has 16 heavy (non-hydrogen) atoms. The average molecular weight is 223 g/mol. The monoisotopic (exact) mass is 223 g/mol. The van der Waals surface area contributed by atoms with Crippen molar-refractivity contribution >= 4 is 17.4 Å². The molecule has 0 aromatic heterocycles. The zero-order valence-electron chi connectivity index (χ0n) is 8.70. The van der Waals surface area contributed by atoms with E-state index >= 15 is 0 Å². The van der Waals surface area contributed by atoms with Crippen molar-refractivity contribution in [2.75, 3.05) is 18.6 Å². The molecule has 0 aliphatic carbocycles. The molecular formula is C11H10FNO3. The van der Waals surface area contributed by atoms with E-state index < -0.39 is 17.5 Å². The second-order valence-electron chi connectivity index (χ2n) is 3.45. The minimum atomic E-state index is -0.660. The Labute approximate surface area is 91.6 Å². The number of methoxy groups -OCH3 is 1. The third kappa shape index (κ3) is 1.64. The van der Waals surface area contributed by atoms with Crippen molar-refractivity contribution in [3.8, 4) is 5.75 Å². The van der Waals surface area contributed by atoms with Crippen molar-refractivity contribution in [1.82, 2.24) is 0 Å². The van der Waals surface area contributed by atoms with Crippen molar-refractivity contribution in [3.63, 3.8) is 0 Å². The number of ether oxygens (including phenoxy) is 1. The lowest BCUT2D eigenvalue weighted by molar-refractivity contribution is -0.133. The molecule has 0 unspecified atom stereocenters. The molecule has 1 aromatic rings. The minimum Gasteiger partial charge on any atom is -0.497 e. The summed E-state index contributed by atoms with van der Waals surface area (Å²) in [5, 5.41) is 0. The Balaban J connectivity index is 2.40. The number of Topliss-reactive ketones (excluding diaryl/α,β-unsaturated/α-hetero) is 1. The lowest BCUT2D eigenvalue weighted by Gasteiger charge is -2.16. The van der Waals surface area contributed by atoms with Gasteiger partial charge in [0.05, 0.1) is 12.8 Å². The largest absolute Gasteiger partial charge is 0.497 e. The van der Waals surface area contributed by atoms with Crippen molar-refractivity contribution < 1.29 is 18.7 Å². The third-order valence-corrected chi connectivity index (χ3v) is 2.49. The van der Waals surface area contributed by atoms with E-state index in [-0.39, 0.29) is 18.7 Å². The molecule has 4 nitrogen and oxygen atoms in total. The summed E-state index contributed by atoms with van der Waals surface area (Å²) in [6.07, 6.45) is 0.134. The smallest absolute Gasteiger partial charge is 0.294 e. The summed E-state index contributed by atoms with van der Waals surface area (Å²) in [4.78, 5) is 23.6. The second-order valence-corrected chi connectivity index (χ2v) is 3.45. The van der Waals surface area contributed by atoms with Gasteiger partial charge in [0.1, 0.15) is 11.6 Å². The fraction of sp³-hybridized carbons (Fsp3) is 0.273. The molecule has 0 atom stereocenters. The second kappa shape index (κ2) is 3.92. The summed E-state index contributed by atoms with van der Waals surface area (Å²) in [6.45, 7) is 0.224. The molecule has 2 rings (SSSR count). The number of carbonyl (C=O) groups excluding carboxylic acids is 2. The standard InChI is InChI=1S/C11H10FNO3/c1-16-7-2-3-8(12)9(6-7)13-5-4-10(14)11(13)15/h2-3,6H,4-5H2,1H3. The van der Waals surface area contributed by atoms with E-state index in [0.717, 1.165) is 4.90 Å². The summed E-state index contributed by atoms with van der Waals surface area (Å²) >= 11 is 0. The van der Waals surface area contributed by atoms with Gasteiger partial charge in [-0.05, 0) is 12.1 Å². The van der Waals surface area contributed by atoms with Gasteiger partial charge in [0.2, 0.25) is 5.78 Å². The highest BCUT2D eigenvalue weighted by molar-refractivity contribution is 6.43. The topological polar surface area (TPSA) is 46.6 Å². The van der Waals surface area contributed by atoms with Crippen molar-refractivity contribution in [2.45, 2.75) is 6.42 Å². The molecule has 1 heterocycles. The first-order chi connectivity index (χ1) is 7.63. The number of ketones is 1. The highest BCUT2D eigenvalue weighted by atomic mass is 19.1. The van der Waals surface area contributed by atoms with Crippen molar-refractivity contribution in [2.24, 2.45) is 0 Å². The number of amides is 1. The minimum absolute atomic E-state index is 0.0928. The summed E-state index contributed by atoms with van der Waals surface area (Å²) < 4.78 is 18.4. The molecule has 0 N–H and O–H groups in total. The fourth-order valence-electron chi connectivity index (χ4n) is 1.63. The third-order valence-electron chi connectivity index (χ3n) is 2.49. The Morgan fingerprint density at radius 1 is 1.38 bits per heavy atom. The first kappa shape index (κ1) is 10.6. The predicted molar refractivity (Wildman–Crippen MR) is 54.9 cm³/mol. The molecule has 84 valence electrons. The molecule has 0 radical (unpaired) electrons. The van der Waals surface area contributed by atoms with E-state index in [1.165, 1.54) is 25.3 Å². The summed E-state index contributed by atoms with van der Waals surface area (Å²) in [6, 6.07) is 4.08. The van der Waals surface area contributed by atoms with Gasteiger partial charge in [-0.1, -0.05) is 0 Å². The van der Waals surface area contributed by atoms with Crippen LogP contribution in [0.4, 0.5) is 10.1 Å². The van der Waals surface area contributed by atoms with E-state index in [1.807, 2.05) is 0 Å². The number of carbonyl (C=O) groups is 2. The number of benzene rings is 1. The fourth-order valence-corrected chi connectivity index (χ4v) is 1.63. The van der Waals surface area contributed by atoms with Crippen LogP contribution in [0.2, 0.25) is 0 Å². The predicted octanol–water partition coefficient (Wildman–Crippen LogP) is 1.14. The summed E-state index contributed by atoms with van der Waals surface area (Å²) in [7, 11) is 1.45. The zero-order chi connectivity index (χ0) is 11.7. The maximum Gasteiger partial charge on any atom is 0.294 e. The number of nitrogens with zero attached hydrogens (tertiary/aromatic N) is 1. The number of anilines is 1. The first-order valence-electron chi connectivity index (χ1n) is 4.81. The van der Waals surface area contributed by atoms with Gasteiger partial charge in [-0.25, -0.2) is 4.39 Å². The Kier molecular flexibility index (Phi) is 2.60. The maximum absolute atomic E-state index is 13.5. The van der Waals surface area contributed by atoms with Crippen LogP contribution in [0.15, 0.2) is 18.2 Å². The number of rotatable bonds is 2. The molecule has 1 saturated heterocycles. The highest BCUT2D eigenvalue weighted by Gasteiger charge is 2.32. The van der Waals surface area contributed by atoms with Gasteiger partial charge in [0, 0.05) is 19.0 Å². The molecule has 1 aromatic carbocycles. The van der Waals surface area contributed by atoms with Crippen LogP contribution in [0.25, 0.3) is 0 Å². The van der Waals surface area contributed by atoms with Gasteiger partial charge < -0.3 is 9.64 Å². The van der Waals surface area contributed by atoms with Gasteiger partial charge in [0.15, 0.2) is 0 Å². The Hall–Kier alpha value is -1.91. The SMILES string of the molecule is COc1ccc(F)c(N2CCC(=O)C2=O)c1. The van der Waals surface area contributed by atoms with Crippen molar-refractivity contribution in [3.05, 3.63) is 24.0 Å². The normalized spacial score (nSPS) is 15.8. The zero-order valence-corrected chi connectivity index (χ0v) is 8.70. The van der Waals surface area contributed by atoms with Gasteiger partial charge in [-0.2, -0.15) is 0 Å². The molecule has 1 fully saturated rings. The van der Waals surface area contributed by atoms with E-state index in [9.17, 15) is 14.0 Å². The summed E-state index contributed by atoms with van der Waals surface area (Å²) in [5.74, 6) is -1.23. The van der Waals surface area contributed by atoms with Crippen LogP contribution in [0.5, 0.6) is 5.75 Å². The van der Waals surface area contributed by atoms with E-state index in [4.69, 9.17) is 4.74 Å². The number of halogens is 1. The highest BCUT2D eigenvalue weighted by Crippen LogP contribution is 2.27. The van der Waals surface area contributed by atoms with E-state index in [1.54, 1.807) is 0 Å². The van der Waals surface area contributed by atoms with Crippen LogP contribution in [-0.2, 0) is 9.59 Å². The number of hydrogen-bond acceptors (Lipinski definition) is 3. The van der Waals surface area contributed by atoms with Crippen LogP contribution in [0.1, 0.15) is 6.42 Å². The van der Waals surface area contributed by atoms with Crippen LogP contribution in [0, 0.1) is 5.82 Å². The molecule has 1 aliphatic heterocycles. The molecule has 0 saturated carbocycles. The van der Waals surface area contributed by atoms with E-state index in [2.05, 4.69) is 0 Å². The Bertz CT molecular complexity index is 459. The molecule has 0 bridgehead atoms. The molecule has 1 amide bonds. The van der Waals surface area contributed by atoms with Crippen molar-refractivity contribution in [1.29, 1.82) is 0 Å². The van der Waals surface area contributed by atoms with Crippen LogP contribution in [-0.4, -0.2) is 25.3 Å². The first-order valence-corrected chi connectivity index (χ1v) is 4.81. The molecule has 1 aliphatic rings. The Morgan fingerprint density at radius 2 is 2.12 bits per heavy atom. The maximum atomic E-state index is 13.5. The van der Waals surface area contributed by atoms with E-state index in [0.29, 0.717) is 5.75 Å². The average Bonchev–Trinajstić information content (AvgIpc) is 2.61. The summed E-state index contributed by atoms with van der Waals surface area (Å²) in [5.41, 5.74) is 0.0928. The lowest BCUT2D eigenvalue weighted by atomic mass is 10.2. The van der Waals surface area contributed by atoms with Gasteiger partial charge in [-0.3, -0.25) is 9.59 Å². The van der Waals surface area contributed by atoms with Crippen LogP contribution in [0.3, 0.4) is 0 Å². The quantitative estimate of drug-likeness (QED) is 0.706. The number of hydrogen-bond donors (Lipinski definition) is 0. The lowest BCUT2D eigenvalue weighted by Crippen LogP contribution is -2.27. The Morgan fingerprint density at radius 3 is 2.69 bits per heavy atom. The van der Waals surface area contributed by atoms with Gasteiger partial charge in [0.25, 0.3) is 5.91 Å². The molecule has 5 heteroatoms. The van der Waals surface area contributed by atoms with Crippen LogP contribution >= 0.6 is 0 Å². The van der Waals surface area contributed by atoms with Gasteiger partial charge >= 0.3 is 0 Å². The van der Waals surface area contributed by atoms with Gasteiger partial charge in [-0.15, -0.1) is 0 Å². The molecule has 0 spiro atoms.